The summed E-state index contributed by atoms with van der Waals surface area (Å²) in [5.74, 6) is 0. The topological polar surface area (TPSA) is 69.9 Å². The van der Waals surface area contributed by atoms with E-state index in [1.54, 1.807) is 0 Å². The van der Waals surface area contributed by atoms with Crippen LogP contribution < -0.4 is 0 Å². The molecule has 0 aromatic carbocycles. The van der Waals surface area contributed by atoms with E-state index in [1.807, 2.05) is 0 Å². The maximum absolute atomic E-state index is 8.85. The molecule has 1 aliphatic rings. The van der Waals surface area contributed by atoms with Gasteiger partial charge in [0.05, 0.1) is 6.61 Å². The first kappa shape index (κ1) is 7.30. The Bertz CT molecular complexity index is 88.6. The van der Waals surface area contributed by atoms with Crippen molar-refractivity contribution < 1.29 is 19.5 Å². The van der Waals surface area contributed by atoms with Gasteiger partial charge in [0.2, 0.25) is 0 Å². The molecule has 0 aliphatic carbocycles. The lowest BCUT2D eigenvalue weighted by Crippen LogP contribution is -2.41. The molecule has 0 unspecified atom stereocenters. The van der Waals surface area contributed by atoms with Crippen LogP contribution in [0.25, 0.3) is 0 Å². The Morgan fingerprint density at radius 2 is 2.00 bits per heavy atom. The summed E-state index contributed by atoms with van der Waals surface area (Å²) in [6, 6.07) is 0. The number of aliphatic hydroxyl groups is 3. The van der Waals surface area contributed by atoms with Crippen LogP contribution in [0.4, 0.5) is 0 Å². The van der Waals surface area contributed by atoms with E-state index < -0.39 is 17.6 Å². The monoisotopic (exact) mass is 152 g/mol. The summed E-state index contributed by atoms with van der Waals surface area (Å²) in [4.78, 5) is 0. The fourth-order valence-electron chi connectivity index (χ4n) is 0.524. The van der Waals surface area contributed by atoms with Gasteiger partial charge in [-0.05, 0) is 0 Å². The summed E-state index contributed by atoms with van der Waals surface area (Å²) in [5.41, 5.74) is -1.02. The fraction of sp³-hybridized carbons (Fsp3) is 1.00. The SMILES string of the molecule is O[C@H]1[C@H](O)SOC[C@@H]1O. The van der Waals surface area contributed by atoms with E-state index in [-0.39, 0.29) is 6.61 Å². The molecule has 4 nitrogen and oxygen atoms in total. The average molecular weight is 152 g/mol. The van der Waals surface area contributed by atoms with E-state index in [0.717, 1.165) is 12.0 Å². The molecule has 9 heavy (non-hydrogen) atoms. The average Bonchev–Trinajstić information content (AvgIpc) is 1.83. The molecule has 1 heterocycles. The van der Waals surface area contributed by atoms with E-state index in [9.17, 15) is 0 Å². The van der Waals surface area contributed by atoms with Gasteiger partial charge in [0, 0.05) is 12.0 Å². The summed E-state index contributed by atoms with van der Waals surface area (Å²) in [7, 11) is 0. The molecule has 1 fully saturated rings. The van der Waals surface area contributed by atoms with E-state index in [4.69, 9.17) is 15.3 Å². The maximum Gasteiger partial charge on any atom is 0.153 e. The van der Waals surface area contributed by atoms with Crippen LogP contribution in [0.5, 0.6) is 0 Å². The van der Waals surface area contributed by atoms with Gasteiger partial charge in [-0.15, -0.1) is 0 Å². The zero-order chi connectivity index (χ0) is 6.85. The lowest BCUT2D eigenvalue weighted by atomic mass is 10.2. The molecular weight excluding hydrogens is 144 g/mol. The third-order valence-corrected chi connectivity index (χ3v) is 1.84. The van der Waals surface area contributed by atoms with Crippen molar-refractivity contribution in [2.45, 2.75) is 17.6 Å². The van der Waals surface area contributed by atoms with Crippen LogP contribution in [0, 0.1) is 0 Å². The molecule has 1 rings (SSSR count). The summed E-state index contributed by atoms with van der Waals surface area (Å²) in [6.07, 6.45) is -2.04. The molecule has 3 N–H and O–H groups in total. The Hall–Kier alpha value is 0.190. The summed E-state index contributed by atoms with van der Waals surface area (Å²) in [5, 5.41) is 26.4. The highest BCUT2D eigenvalue weighted by molar-refractivity contribution is 7.95. The van der Waals surface area contributed by atoms with Crippen molar-refractivity contribution in [3.05, 3.63) is 0 Å². The first-order chi connectivity index (χ1) is 4.22. The minimum atomic E-state index is -1.08. The van der Waals surface area contributed by atoms with Gasteiger partial charge < -0.3 is 19.5 Å². The molecule has 5 heteroatoms. The fourth-order valence-corrected chi connectivity index (χ4v) is 1.18. The first-order valence-electron chi connectivity index (χ1n) is 2.54. The quantitative estimate of drug-likeness (QED) is 0.377. The molecule has 0 amide bonds. The standard InChI is InChI=1S/C4H8O4S/c5-2-1-8-9-4(7)3(2)6/h2-7H,1H2/t2-,3+,4+/m0/s1. The van der Waals surface area contributed by atoms with Gasteiger partial charge in [-0.1, -0.05) is 0 Å². The molecule has 0 saturated carbocycles. The van der Waals surface area contributed by atoms with Gasteiger partial charge in [0.25, 0.3) is 0 Å². The Kier molecular flexibility index (Phi) is 2.31. The van der Waals surface area contributed by atoms with Gasteiger partial charge in [0.15, 0.2) is 5.44 Å². The molecule has 54 valence electrons. The van der Waals surface area contributed by atoms with E-state index >= 15 is 0 Å². The lowest BCUT2D eigenvalue weighted by molar-refractivity contribution is -0.0583. The summed E-state index contributed by atoms with van der Waals surface area (Å²) >= 11 is 0.775. The minimum absolute atomic E-state index is 0.0723. The molecule has 1 saturated heterocycles. The second-order valence-electron chi connectivity index (χ2n) is 1.83. The van der Waals surface area contributed by atoms with Crippen molar-refractivity contribution in [2.24, 2.45) is 0 Å². The Balaban J connectivity index is 2.41. The highest BCUT2D eigenvalue weighted by Gasteiger charge is 2.30. The second kappa shape index (κ2) is 2.85. The van der Waals surface area contributed by atoms with Gasteiger partial charge in [0.1, 0.15) is 12.2 Å². The van der Waals surface area contributed by atoms with Crippen molar-refractivity contribution >= 4 is 12.0 Å². The molecule has 0 bridgehead atoms. The Morgan fingerprint density at radius 3 is 2.44 bits per heavy atom. The van der Waals surface area contributed by atoms with Crippen molar-refractivity contribution in [1.82, 2.24) is 0 Å². The molecule has 3 atom stereocenters. The van der Waals surface area contributed by atoms with Crippen molar-refractivity contribution in [2.75, 3.05) is 6.61 Å². The van der Waals surface area contributed by atoms with E-state index in [1.165, 1.54) is 0 Å². The van der Waals surface area contributed by atoms with Crippen LogP contribution in [0.2, 0.25) is 0 Å². The van der Waals surface area contributed by atoms with Crippen LogP contribution in [0.1, 0.15) is 0 Å². The van der Waals surface area contributed by atoms with Crippen molar-refractivity contribution in [3.8, 4) is 0 Å². The zero-order valence-electron chi connectivity index (χ0n) is 4.60. The highest BCUT2D eigenvalue weighted by Crippen LogP contribution is 2.21. The van der Waals surface area contributed by atoms with E-state index in [2.05, 4.69) is 4.18 Å². The number of hydrogen-bond donors (Lipinski definition) is 3. The first-order valence-corrected chi connectivity index (χ1v) is 3.35. The number of aliphatic hydroxyl groups excluding tert-OH is 3. The largest absolute Gasteiger partial charge is 0.388 e. The second-order valence-corrected chi connectivity index (χ2v) is 2.74. The minimum Gasteiger partial charge on any atom is -0.388 e. The van der Waals surface area contributed by atoms with Gasteiger partial charge >= 0.3 is 0 Å². The molecule has 0 radical (unpaired) electrons. The van der Waals surface area contributed by atoms with Crippen LogP contribution in [0.15, 0.2) is 0 Å². The molecule has 0 aromatic heterocycles. The summed E-state index contributed by atoms with van der Waals surface area (Å²) in [6.45, 7) is 0.0723. The molecule has 0 aromatic rings. The lowest BCUT2D eigenvalue weighted by Gasteiger charge is -2.26. The predicted octanol–water partition coefficient (Wildman–Crippen LogP) is -1.30. The van der Waals surface area contributed by atoms with Crippen LogP contribution in [-0.2, 0) is 4.18 Å². The molecular formula is C4H8O4S. The Labute approximate surface area is 56.7 Å². The number of hydrogen-bond acceptors (Lipinski definition) is 5. The molecule has 1 aliphatic heterocycles. The van der Waals surface area contributed by atoms with Crippen LogP contribution in [-0.4, -0.2) is 39.6 Å². The zero-order valence-corrected chi connectivity index (χ0v) is 5.41. The van der Waals surface area contributed by atoms with Gasteiger partial charge in [-0.3, -0.25) is 0 Å². The Morgan fingerprint density at radius 1 is 1.33 bits per heavy atom. The smallest absolute Gasteiger partial charge is 0.153 e. The summed E-state index contributed by atoms with van der Waals surface area (Å²) < 4.78 is 4.62. The third kappa shape index (κ3) is 1.56. The predicted molar refractivity (Wildman–Crippen MR) is 31.6 cm³/mol. The normalized spacial score (nSPS) is 45.0. The van der Waals surface area contributed by atoms with Crippen LogP contribution >= 0.6 is 12.0 Å². The molecule has 0 spiro atoms. The van der Waals surface area contributed by atoms with Crippen molar-refractivity contribution in [3.63, 3.8) is 0 Å². The van der Waals surface area contributed by atoms with Crippen molar-refractivity contribution in [1.29, 1.82) is 0 Å². The number of rotatable bonds is 0. The van der Waals surface area contributed by atoms with Crippen LogP contribution in [0.3, 0.4) is 0 Å². The highest BCUT2D eigenvalue weighted by atomic mass is 32.2. The van der Waals surface area contributed by atoms with E-state index in [0.29, 0.717) is 0 Å². The van der Waals surface area contributed by atoms with Gasteiger partial charge in [-0.2, -0.15) is 0 Å². The van der Waals surface area contributed by atoms with Gasteiger partial charge in [-0.25, -0.2) is 0 Å². The third-order valence-electron chi connectivity index (χ3n) is 1.09. The maximum atomic E-state index is 8.85.